The summed E-state index contributed by atoms with van der Waals surface area (Å²) in [5.74, 6) is 0.722. The minimum absolute atomic E-state index is 0.115. The van der Waals surface area contributed by atoms with Gasteiger partial charge >= 0.3 is 0 Å². The average Bonchev–Trinajstić information content (AvgIpc) is 3.16. The van der Waals surface area contributed by atoms with Crippen LogP contribution in [-0.2, 0) is 6.42 Å². The molecule has 24 heavy (non-hydrogen) atoms. The SMILES string of the molecule is COc1ccccc1CCNC(=O)c1ccccc1-n1cccn1. The summed E-state index contributed by atoms with van der Waals surface area (Å²) >= 11 is 0. The number of nitrogens with one attached hydrogen (secondary N) is 1. The number of ether oxygens (including phenoxy) is 1. The number of carbonyl (C=O) groups excluding carboxylic acids is 1. The Bertz CT molecular complexity index is 813. The molecule has 5 nitrogen and oxygen atoms in total. The number of carbonyl (C=O) groups is 1. The van der Waals surface area contributed by atoms with Crippen LogP contribution in [0.5, 0.6) is 5.75 Å². The summed E-state index contributed by atoms with van der Waals surface area (Å²) < 4.78 is 7.02. The van der Waals surface area contributed by atoms with Crippen LogP contribution in [-0.4, -0.2) is 29.3 Å². The molecule has 0 aliphatic heterocycles. The second-order valence-electron chi connectivity index (χ2n) is 5.29. The number of hydrogen-bond donors (Lipinski definition) is 1. The highest BCUT2D eigenvalue weighted by Gasteiger charge is 2.12. The van der Waals surface area contributed by atoms with Crippen LogP contribution in [0.2, 0.25) is 0 Å². The number of aromatic nitrogens is 2. The molecule has 0 aliphatic carbocycles. The minimum atomic E-state index is -0.115. The van der Waals surface area contributed by atoms with E-state index in [1.54, 1.807) is 24.1 Å². The Morgan fingerprint density at radius 3 is 2.71 bits per heavy atom. The predicted molar refractivity (Wildman–Crippen MR) is 92.6 cm³/mol. The smallest absolute Gasteiger partial charge is 0.253 e. The summed E-state index contributed by atoms with van der Waals surface area (Å²) in [5, 5.41) is 7.17. The maximum absolute atomic E-state index is 12.5. The van der Waals surface area contributed by atoms with Crippen molar-refractivity contribution in [3.8, 4) is 11.4 Å². The molecule has 0 spiro atoms. The Morgan fingerprint density at radius 2 is 1.92 bits per heavy atom. The van der Waals surface area contributed by atoms with Crippen LogP contribution in [0.3, 0.4) is 0 Å². The molecule has 1 heterocycles. The first-order valence-corrected chi connectivity index (χ1v) is 7.78. The maximum Gasteiger partial charge on any atom is 0.253 e. The molecular weight excluding hydrogens is 302 g/mol. The van der Waals surface area contributed by atoms with Gasteiger partial charge in [-0.25, -0.2) is 4.68 Å². The van der Waals surface area contributed by atoms with Gasteiger partial charge in [-0.2, -0.15) is 5.10 Å². The summed E-state index contributed by atoms with van der Waals surface area (Å²) in [6, 6.07) is 17.1. The predicted octanol–water partition coefficient (Wildman–Crippen LogP) is 2.85. The van der Waals surface area contributed by atoms with Gasteiger partial charge in [0.15, 0.2) is 0 Å². The lowest BCUT2D eigenvalue weighted by molar-refractivity contribution is 0.0954. The van der Waals surface area contributed by atoms with Gasteiger partial charge in [0.1, 0.15) is 5.75 Å². The minimum Gasteiger partial charge on any atom is -0.496 e. The first-order chi connectivity index (χ1) is 11.8. The van der Waals surface area contributed by atoms with Gasteiger partial charge in [-0.3, -0.25) is 4.79 Å². The third-order valence-corrected chi connectivity index (χ3v) is 3.77. The molecule has 3 aromatic rings. The van der Waals surface area contributed by atoms with Gasteiger partial charge in [0.2, 0.25) is 0 Å². The van der Waals surface area contributed by atoms with Crippen LogP contribution in [0.25, 0.3) is 5.69 Å². The van der Waals surface area contributed by atoms with Gasteiger partial charge in [0, 0.05) is 18.9 Å². The molecule has 0 bridgehead atoms. The molecule has 0 radical (unpaired) electrons. The summed E-state index contributed by atoms with van der Waals surface area (Å²) in [4.78, 5) is 12.5. The van der Waals surface area contributed by atoms with Gasteiger partial charge in [-0.1, -0.05) is 30.3 Å². The number of hydrogen-bond acceptors (Lipinski definition) is 3. The molecule has 5 heteroatoms. The van der Waals surface area contributed by atoms with E-state index in [2.05, 4.69) is 10.4 Å². The van der Waals surface area contributed by atoms with Crippen LogP contribution in [0.4, 0.5) is 0 Å². The number of rotatable bonds is 6. The van der Waals surface area contributed by atoms with E-state index < -0.39 is 0 Å². The van der Waals surface area contributed by atoms with Crippen LogP contribution < -0.4 is 10.1 Å². The number of methoxy groups -OCH3 is 1. The lowest BCUT2D eigenvalue weighted by Crippen LogP contribution is -2.27. The molecule has 2 aromatic carbocycles. The highest BCUT2D eigenvalue weighted by Crippen LogP contribution is 2.17. The maximum atomic E-state index is 12.5. The summed E-state index contributed by atoms with van der Waals surface area (Å²) in [5.41, 5.74) is 2.43. The third-order valence-electron chi connectivity index (χ3n) is 3.77. The van der Waals surface area contributed by atoms with Crippen molar-refractivity contribution in [2.45, 2.75) is 6.42 Å². The number of amides is 1. The number of benzene rings is 2. The summed E-state index contributed by atoms with van der Waals surface area (Å²) in [6.45, 7) is 0.534. The zero-order valence-electron chi connectivity index (χ0n) is 13.5. The quantitative estimate of drug-likeness (QED) is 0.759. The Kier molecular flexibility index (Phi) is 4.91. The third kappa shape index (κ3) is 3.46. The van der Waals surface area contributed by atoms with Crippen LogP contribution >= 0.6 is 0 Å². The molecule has 1 aromatic heterocycles. The highest BCUT2D eigenvalue weighted by molar-refractivity contribution is 5.97. The van der Waals surface area contributed by atoms with E-state index in [9.17, 15) is 4.79 Å². The fourth-order valence-electron chi connectivity index (χ4n) is 2.59. The molecule has 0 saturated heterocycles. The van der Waals surface area contributed by atoms with Crippen LogP contribution in [0, 0.1) is 0 Å². The Morgan fingerprint density at radius 1 is 1.12 bits per heavy atom. The number of nitrogens with zero attached hydrogens (tertiary/aromatic N) is 2. The lowest BCUT2D eigenvalue weighted by atomic mass is 10.1. The van der Waals surface area contributed by atoms with Crippen LogP contribution in [0.1, 0.15) is 15.9 Å². The van der Waals surface area contributed by atoms with Crippen molar-refractivity contribution in [1.29, 1.82) is 0 Å². The van der Waals surface area contributed by atoms with Gasteiger partial charge in [-0.15, -0.1) is 0 Å². The molecule has 0 atom stereocenters. The lowest BCUT2D eigenvalue weighted by Gasteiger charge is -2.11. The molecule has 0 aliphatic rings. The Labute approximate surface area is 140 Å². The average molecular weight is 321 g/mol. The van der Waals surface area contributed by atoms with E-state index in [1.807, 2.05) is 54.7 Å². The zero-order chi connectivity index (χ0) is 16.8. The second-order valence-corrected chi connectivity index (χ2v) is 5.29. The van der Waals surface area contributed by atoms with Crippen molar-refractivity contribution >= 4 is 5.91 Å². The molecule has 1 amide bonds. The second kappa shape index (κ2) is 7.46. The van der Waals surface area contributed by atoms with Crippen molar-refractivity contribution in [2.75, 3.05) is 13.7 Å². The monoisotopic (exact) mass is 321 g/mol. The number of para-hydroxylation sites is 2. The van der Waals surface area contributed by atoms with Crippen molar-refractivity contribution in [1.82, 2.24) is 15.1 Å². The first-order valence-electron chi connectivity index (χ1n) is 7.78. The van der Waals surface area contributed by atoms with Crippen molar-refractivity contribution in [2.24, 2.45) is 0 Å². The highest BCUT2D eigenvalue weighted by atomic mass is 16.5. The Balaban J connectivity index is 1.68. The molecule has 0 saturated carbocycles. The van der Waals surface area contributed by atoms with E-state index in [1.165, 1.54) is 0 Å². The van der Waals surface area contributed by atoms with Gasteiger partial charge < -0.3 is 10.1 Å². The Hall–Kier alpha value is -3.08. The largest absolute Gasteiger partial charge is 0.496 e. The fourth-order valence-corrected chi connectivity index (χ4v) is 2.59. The molecule has 3 rings (SSSR count). The molecule has 1 N–H and O–H groups in total. The first kappa shape index (κ1) is 15.8. The van der Waals surface area contributed by atoms with E-state index >= 15 is 0 Å². The molecule has 0 unspecified atom stereocenters. The summed E-state index contributed by atoms with van der Waals surface area (Å²) in [7, 11) is 1.65. The fraction of sp³-hybridized carbons (Fsp3) is 0.158. The van der Waals surface area contributed by atoms with E-state index in [-0.39, 0.29) is 5.91 Å². The van der Waals surface area contributed by atoms with Gasteiger partial charge in [0.05, 0.1) is 18.4 Å². The van der Waals surface area contributed by atoms with Gasteiger partial charge in [0.25, 0.3) is 5.91 Å². The van der Waals surface area contributed by atoms with E-state index in [4.69, 9.17) is 4.74 Å². The van der Waals surface area contributed by atoms with Gasteiger partial charge in [-0.05, 0) is 36.2 Å². The zero-order valence-corrected chi connectivity index (χ0v) is 13.5. The summed E-state index contributed by atoms with van der Waals surface area (Å²) in [6.07, 6.45) is 4.22. The topological polar surface area (TPSA) is 56.1 Å². The van der Waals surface area contributed by atoms with Crippen molar-refractivity contribution in [3.63, 3.8) is 0 Å². The molecular formula is C19H19N3O2. The van der Waals surface area contributed by atoms with E-state index in [0.29, 0.717) is 18.5 Å². The van der Waals surface area contributed by atoms with Crippen LogP contribution in [0.15, 0.2) is 67.0 Å². The standard InChI is InChI=1S/C19H19N3O2/c1-24-18-10-5-2-7-15(18)11-13-20-19(23)16-8-3-4-9-17(16)22-14-6-12-21-22/h2-10,12,14H,11,13H2,1H3,(H,20,23). The van der Waals surface area contributed by atoms with E-state index in [0.717, 1.165) is 17.0 Å². The van der Waals surface area contributed by atoms with Crippen molar-refractivity contribution in [3.05, 3.63) is 78.1 Å². The van der Waals surface area contributed by atoms with Crippen molar-refractivity contribution < 1.29 is 9.53 Å². The normalized spacial score (nSPS) is 10.4. The molecule has 0 fully saturated rings. The molecule has 122 valence electrons.